The Bertz CT molecular complexity index is 868. The summed E-state index contributed by atoms with van der Waals surface area (Å²) in [7, 11) is -3.85. The lowest BCUT2D eigenvalue weighted by Crippen LogP contribution is -2.13. The van der Waals surface area contributed by atoms with Gasteiger partial charge < -0.3 is 4.74 Å². The van der Waals surface area contributed by atoms with Crippen LogP contribution in [0.2, 0.25) is 0 Å². The van der Waals surface area contributed by atoms with E-state index in [1.807, 2.05) is 37.3 Å². The molecule has 0 saturated heterocycles. The van der Waals surface area contributed by atoms with Crippen molar-refractivity contribution in [2.75, 3.05) is 6.61 Å². The van der Waals surface area contributed by atoms with Gasteiger partial charge in [-0.1, -0.05) is 59.3 Å². The Balaban J connectivity index is 1.85. The van der Waals surface area contributed by atoms with Gasteiger partial charge in [-0.2, -0.15) is 8.42 Å². The highest BCUT2D eigenvalue weighted by Gasteiger charge is 2.24. The van der Waals surface area contributed by atoms with Crippen LogP contribution in [0.15, 0.2) is 64.5 Å². The molecular formula is C18H18BrNO4S. The van der Waals surface area contributed by atoms with Crippen molar-refractivity contribution in [1.82, 2.24) is 0 Å². The summed E-state index contributed by atoms with van der Waals surface area (Å²) in [5.41, 5.74) is 1.68. The van der Waals surface area contributed by atoms with Crippen molar-refractivity contribution in [2.45, 2.75) is 29.3 Å². The predicted octanol–water partition coefficient (Wildman–Crippen LogP) is 4.04. The molecule has 0 fully saturated rings. The van der Waals surface area contributed by atoms with Crippen molar-refractivity contribution in [3.63, 3.8) is 0 Å². The van der Waals surface area contributed by atoms with Crippen molar-refractivity contribution < 1.29 is 17.3 Å². The van der Waals surface area contributed by atoms with Gasteiger partial charge in [-0.15, -0.1) is 0 Å². The molecule has 0 radical (unpaired) electrons. The highest BCUT2D eigenvalue weighted by molar-refractivity contribution is 9.09. The molecule has 0 bridgehead atoms. The van der Waals surface area contributed by atoms with Gasteiger partial charge in [-0.05, 0) is 30.2 Å². The zero-order chi connectivity index (χ0) is 17.9. The van der Waals surface area contributed by atoms with Gasteiger partial charge in [0, 0.05) is 5.56 Å². The highest BCUT2D eigenvalue weighted by Crippen LogP contribution is 2.26. The molecule has 2 unspecified atom stereocenters. The molecule has 2 aromatic carbocycles. The van der Waals surface area contributed by atoms with Gasteiger partial charge in [-0.25, -0.2) is 4.99 Å². The maximum Gasteiger partial charge on any atom is 0.298 e. The molecule has 0 saturated carbocycles. The van der Waals surface area contributed by atoms with Crippen LogP contribution in [0.3, 0.4) is 0 Å². The number of alkyl halides is 1. The molecule has 2 aromatic rings. The Kier molecular flexibility index (Phi) is 5.56. The molecule has 3 rings (SSSR count). The maximum absolute atomic E-state index is 12.3. The first-order valence-corrected chi connectivity index (χ1v) is 10.3. The summed E-state index contributed by atoms with van der Waals surface area (Å²) in [5.74, 6) is 0.441. The number of rotatable bonds is 6. The van der Waals surface area contributed by atoms with Gasteiger partial charge in [0.2, 0.25) is 5.90 Å². The third-order valence-corrected chi connectivity index (χ3v) is 6.16. The summed E-state index contributed by atoms with van der Waals surface area (Å²) in [6.07, 6.45) is 0.535. The molecule has 5 nitrogen and oxygen atoms in total. The molecular weight excluding hydrogens is 406 g/mol. The van der Waals surface area contributed by atoms with E-state index in [0.717, 1.165) is 5.56 Å². The van der Waals surface area contributed by atoms with Crippen molar-refractivity contribution in [3.8, 4) is 0 Å². The standard InChI is InChI=1S/C18H18BrNO4S/c1-2-17(19)24-25(21,22)15-10-6-9-14(11-15)18-20-16(12-23-18)13-7-4-3-5-8-13/h3-11,16-17H,2,12H2,1H3. The lowest BCUT2D eigenvalue weighted by molar-refractivity contribution is 0.293. The van der Waals surface area contributed by atoms with E-state index in [9.17, 15) is 8.42 Å². The van der Waals surface area contributed by atoms with E-state index < -0.39 is 15.1 Å². The van der Waals surface area contributed by atoms with Crippen molar-refractivity contribution in [1.29, 1.82) is 0 Å². The number of hydrogen-bond donors (Lipinski definition) is 0. The summed E-state index contributed by atoms with van der Waals surface area (Å²) in [6.45, 7) is 2.27. The van der Waals surface area contributed by atoms with Crippen molar-refractivity contribution in [3.05, 3.63) is 65.7 Å². The Hall–Kier alpha value is -1.70. The van der Waals surface area contributed by atoms with Crippen molar-refractivity contribution in [2.24, 2.45) is 4.99 Å². The van der Waals surface area contributed by atoms with Gasteiger partial charge in [0.25, 0.3) is 10.1 Å². The molecule has 1 heterocycles. The van der Waals surface area contributed by atoms with E-state index in [-0.39, 0.29) is 10.9 Å². The van der Waals surface area contributed by atoms with Crippen LogP contribution in [0.25, 0.3) is 0 Å². The molecule has 132 valence electrons. The summed E-state index contributed by atoms with van der Waals surface area (Å²) in [6, 6.07) is 16.2. The fraction of sp³-hybridized carbons (Fsp3) is 0.278. The van der Waals surface area contributed by atoms with E-state index >= 15 is 0 Å². The van der Waals surface area contributed by atoms with E-state index in [4.69, 9.17) is 8.92 Å². The second-order valence-electron chi connectivity index (χ2n) is 5.57. The third kappa shape index (κ3) is 4.29. The molecule has 1 aliphatic heterocycles. The maximum atomic E-state index is 12.3. The van der Waals surface area contributed by atoms with Gasteiger partial charge >= 0.3 is 0 Å². The lowest BCUT2D eigenvalue weighted by Gasteiger charge is -2.10. The fourth-order valence-electron chi connectivity index (χ4n) is 2.42. The molecule has 2 atom stereocenters. The molecule has 0 spiro atoms. The van der Waals surface area contributed by atoms with Crippen LogP contribution in [0.5, 0.6) is 0 Å². The highest BCUT2D eigenvalue weighted by atomic mass is 79.9. The number of hydrogen-bond acceptors (Lipinski definition) is 5. The topological polar surface area (TPSA) is 65.0 Å². The Morgan fingerprint density at radius 3 is 2.72 bits per heavy atom. The predicted molar refractivity (Wildman–Crippen MR) is 99.4 cm³/mol. The average molecular weight is 424 g/mol. The summed E-state index contributed by atoms with van der Waals surface area (Å²) < 4.78 is 35.4. The average Bonchev–Trinajstić information content (AvgIpc) is 3.12. The number of benzene rings is 2. The van der Waals surface area contributed by atoms with E-state index in [1.54, 1.807) is 12.1 Å². The lowest BCUT2D eigenvalue weighted by atomic mass is 10.1. The summed E-state index contributed by atoms with van der Waals surface area (Å²) in [5, 5.41) is -0.552. The summed E-state index contributed by atoms with van der Waals surface area (Å²) in [4.78, 5) is 4.66. The summed E-state index contributed by atoms with van der Waals surface area (Å²) >= 11 is 3.18. The van der Waals surface area contributed by atoms with Crippen molar-refractivity contribution >= 4 is 31.9 Å². The molecule has 0 amide bonds. The largest absolute Gasteiger partial charge is 0.475 e. The van der Waals surface area contributed by atoms with Gasteiger partial charge in [0.1, 0.15) is 17.7 Å². The van der Waals surface area contributed by atoms with Crippen LogP contribution in [-0.4, -0.2) is 25.9 Å². The second kappa shape index (κ2) is 7.68. The Labute approximate surface area is 155 Å². The van der Waals surface area contributed by atoms with Crippen LogP contribution in [0.1, 0.15) is 30.5 Å². The first-order valence-electron chi connectivity index (χ1n) is 7.93. The number of aliphatic imine (C=N–C) groups is 1. The normalized spacial score (nSPS) is 18.5. The van der Waals surface area contributed by atoms with Crippen LogP contribution < -0.4 is 0 Å². The van der Waals surface area contributed by atoms with Gasteiger partial charge in [0.15, 0.2) is 0 Å². The molecule has 25 heavy (non-hydrogen) atoms. The molecule has 0 aliphatic carbocycles. The fourth-order valence-corrected chi connectivity index (χ4v) is 4.06. The van der Waals surface area contributed by atoms with Crippen LogP contribution in [-0.2, 0) is 19.0 Å². The van der Waals surface area contributed by atoms with Gasteiger partial charge in [0.05, 0.1) is 4.90 Å². The zero-order valence-electron chi connectivity index (χ0n) is 13.6. The van der Waals surface area contributed by atoms with Crippen LogP contribution in [0.4, 0.5) is 0 Å². The smallest absolute Gasteiger partial charge is 0.298 e. The van der Waals surface area contributed by atoms with Crippen LogP contribution >= 0.6 is 15.9 Å². The zero-order valence-corrected chi connectivity index (χ0v) is 16.0. The minimum atomic E-state index is -3.85. The third-order valence-electron chi connectivity index (χ3n) is 3.76. The monoisotopic (exact) mass is 423 g/mol. The molecule has 0 N–H and O–H groups in total. The first kappa shape index (κ1) is 18.1. The second-order valence-corrected chi connectivity index (χ2v) is 8.16. The first-order chi connectivity index (χ1) is 12.0. The molecule has 0 aromatic heterocycles. The Morgan fingerprint density at radius 1 is 1.24 bits per heavy atom. The van der Waals surface area contributed by atoms with Crippen LogP contribution in [0, 0.1) is 0 Å². The quantitative estimate of drug-likeness (QED) is 0.519. The van der Waals surface area contributed by atoms with Gasteiger partial charge in [-0.3, -0.25) is 4.18 Å². The minimum Gasteiger partial charge on any atom is -0.475 e. The molecule has 1 aliphatic rings. The number of halogens is 1. The van der Waals surface area contributed by atoms with E-state index in [2.05, 4.69) is 20.9 Å². The van der Waals surface area contributed by atoms with E-state index in [0.29, 0.717) is 24.5 Å². The number of ether oxygens (including phenoxy) is 1. The Morgan fingerprint density at radius 2 is 2.00 bits per heavy atom. The SMILES string of the molecule is CCC(Br)OS(=O)(=O)c1cccc(C2=NC(c3ccccc3)CO2)c1. The molecule has 7 heteroatoms. The number of nitrogens with zero attached hydrogens (tertiary/aromatic N) is 1. The van der Waals surface area contributed by atoms with E-state index in [1.165, 1.54) is 12.1 Å². The minimum absolute atomic E-state index is 0.0809.